The van der Waals surface area contributed by atoms with Gasteiger partial charge in [-0.3, -0.25) is 28.8 Å². The Morgan fingerprint density at radius 2 is 0.702 bits per heavy atom. The monoisotopic (exact) mass is 812 g/mol. The van der Waals surface area contributed by atoms with Crippen LogP contribution in [0.25, 0.3) is 0 Å². The van der Waals surface area contributed by atoms with E-state index in [9.17, 15) is 58.2 Å². The Hall–Kier alpha value is -5.98. The second kappa shape index (κ2) is 20.8. The zero-order valence-electron chi connectivity index (χ0n) is 30.4. The number of carbonyl (C=O) groups excluding carboxylic acids is 10. The van der Waals surface area contributed by atoms with Gasteiger partial charge in [0.2, 0.25) is 11.8 Å². The van der Waals surface area contributed by atoms with E-state index in [1.165, 1.54) is 0 Å². The highest BCUT2D eigenvalue weighted by molar-refractivity contribution is 6.02. The van der Waals surface area contributed by atoms with Crippen molar-refractivity contribution in [1.82, 2.24) is 19.9 Å². The molecule has 1 aromatic heterocycles. The lowest BCUT2D eigenvalue weighted by molar-refractivity contribution is -0.199. The van der Waals surface area contributed by atoms with Crippen LogP contribution in [0, 0.1) is 5.41 Å². The van der Waals surface area contributed by atoms with Crippen molar-refractivity contribution in [1.29, 1.82) is 0 Å². The maximum absolute atomic E-state index is 12.4. The third-order valence-electron chi connectivity index (χ3n) is 8.02. The molecule has 0 saturated carbocycles. The van der Waals surface area contributed by atoms with Crippen LogP contribution >= 0.6 is 0 Å². The van der Waals surface area contributed by atoms with E-state index >= 15 is 0 Å². The maximum Gasteiger partial charge on any atom is 0.335 e. The Morgan fingerprint density at radius 1 is 0.456 bits per heavy atom. The van der Waals surface area contributed by atoms with E-state index in [2.05, 4.69) is 0 Å². The van der Waals surface area contributed by atoms with Crippen LogP contribution in [0.4, 0.5) is 0 Å². The SMILES string of the molecule is O=C(CCOCC(COCCC(=O)ON1C(=O)CCC1=O)(COCCC(=O)ON1C(=O)CCC1=O)COCCC(=O)On1c(O)ccc1O)ON1C(=O)CCC1=O. The van der Waals surface area contributed by atoms with Gasteiger partial charge in [0.25, 0.3) is 35.4 Å². The van der Waals surface area contributed by atoms with Crippen LogP contribution in [0.1, 0.15) is 64.2 Å². The van der Waals surface area contributed by atoms with Crippen molar-refractivity contribution in [2.45, 2.75) is 64.2 Å². The quantitative estimate of drug-likeness (QED) is 0.0867. The molecule has 3 fully saturated rings. The summed E-state index contributed by atoms with van der Waals surface area (Å²) in [6.07, 6.45) is -2.37. The molecular weight excluding hydrogens is 772 g/mol. The normalized spacial score (nSPS) is 15.9. The van der Waals surface area contributed by atoms with Crippen LogP contribution in [0.15, 0.2) is 12.1 Å². The highest BCUT2D eigenvalue weighted by atomic mass is 16.7. The van der Waals surface area contributed by atoms with Crippen molar-refractivity contribution in [3.05, 3.63) is 12.1 Å². The smallest absolute Gasteiger partial charge is 0.335 e. The molecule has 0 bridgehead atoms. The van der Waals surface area contributed by atoms with Gasteiger partial charge in [0.05, 0.1) is 84.0 Å². The molecule has 57 heavy (non-hydrogen) atoms. The first-order valence-corrected chi connectivity index (χ1v) is 17.5. The Balaban J connectivity index is 1.38. The molecule has 312 valence electrons. The standard InChI is InChI=1S/C33H40N4O20/c38-21-1-2-22(39)34(21)54-29(46)9-13-50-17-33(18-51-14-10-30(47)55-35-23(40)3-4-24(35)41,19-52-15-11-31(48)56-36-25(42)5-6-26(36)43)20-53-16-12-32(49)57-37-27(44)7-8-28(37)45/h1-2,38-39H,3-20H2. The number of imide groups is 3. The zero-order chi connectivity index (χ0) is 41.5. The summed E-state index contributed by atoms with van der Waals surface area (Å²) in [4.78, 5) is 140. The van der Waals surface area contributed by atoms with Gasteiger partial charge in [0.15, 0.2) is 0 Å². The molecule has 0 radical (unpaired) electrons. The van der Waals surface area contributed by atoms with Gasteiger partial charge in [-0.2, -0.15) is 0 Å². The number of ether oxygens (including phenoxy) is 4. The first-order valence-electron chi connectivity index (χ1n) is 17.5. The molecule has 3 aliphatic heterocycles. The van der Waals surface area contributed by atoms with Crippen molar-refractivity contribution in [3.63, 3.8) is 0 Å². The fourth-order valence-corrected chi connectivity index (χ4v) is 5.09. The molecule has 0 aliphatic carbocycles. The maximum atomic E-state index is 12.4. The first-order chi connectivity index (χ1) is 27.2. The van der Waals surface area contributed by atoms with Crippen molar-refractivity contribution >= 4 is 59.3 Å². The summed E-state index contributed by atoms with van der Waals surface area (Å²) in [5.74, 6) is -9.04. The summed E-state index contributed by atoms with van der Waals surface area (Å²) < 4.78 is 23.4. The predicted molar refractivity (Wildman–Crippen MR) is 175 cm³/mol. The van der Waals surface area contributed by atoms with Crippen molar-refractivity contribution < 1.29 is 96.5 Å². The number of amides is 6. The van der Waals surface area contributed by atoms with E-state index in [4.69, 9.17) is 38.3 Å². The highest BCUT2D eigenvalue weighted by Gasteiger charge is 2.37. The number of hydrogen-bond acceptors (Lipinski definition) is 20. The van der Waals surface area contributed by atoms with E-state index in [1.54, 1.807) is 0 Å². The van der Waals surface area contributed by atoms with Gasteiger partial charge in [0, 0.05) is 50.7 Å². The summed E-state index contributed by atoms with van der Waals surface area (Å²) in [7, 11) is 0. The second-order valence-electron chi connectivity index (χ2n) is 12.7. The van der Waals surface area contributed by atoms with Crippen LogP contribution in [0.3, 0.4) is 0 Å². The number of carbonyl (C=O) groups is 10. The molecular formula is C33H40N4O20. The van der Waals surface area contributed by atoms with E-state index in [-0.39, 0.29) is 91.4 Å². The number of nitrogens with zero attached hydrogens (tertiary/aromatic N) is 4. The Morgan fingerprint density at radius 3 is 0.965 bits per heavy atom. The predicted octanol–water partition coefficient (Wildman–Crippen LogP) is -1.71. The molecule has 0 atom stereocenters. The summed E-state index contributed by atoms with van der Waals surface area (Å²) in [5, 5.41) is 20.5. The average Bonchev–Trinajstić information content (AvgIpc) is 3.88. The Labute approximate surface area is 322 Å². The average molecular weight is 813 g/mol. The first kappa shape index (κ1) is 43.7. The van der Waals surface area contributed by atoms with Gasteiger partial charge in [0.1, 0.15) is 0 Å². The number of hydrogen-bond donors (Lipinski definition) is 2. The number of aromatic hydroxyl groups is 2. The molecule has 24 heteroatoms. The van der Waals surface area contributed by atoms with Gasteiger partial charge in [-0.15, -0.1) is 19.9 Å². The third-order valence-corrected chi connectivity index (χ3v) is 8.02. The molecule has 6 amide bonds. The summed E-state index contributed by atoms with van der Waals surface area (Å²) in [6, 6.07) is 2.16. The van der Waals surface area contributed by atoms with Crippen molar-refractivity contribution in [2.75, 3.05) is 52.9 Å². The molecule has 4 rings (SSSR count). The minimum Gasteiger partial charge on any atom is -0.492 e. The summed E-state index contributed by atoms with van der Waals surface area (Å²) in [6.45, 7) is -2.64. The molecule has 0 aromatic carbocycles. The lowest BCUT2D eigenvalue weighted by Gasteiger charge is -2.33. The largest absolute Gasteiger partial charge is 0.492 e. The van der Waals surface area contributed by atoms with E-state index in [0.29, 0.717) is 19.9 Å². The molecule has 24 nitrogen and oxygen atoms in total. The Bertz CT molecular complexity index is 1520. The lowest BCUT2D eigenvalue weighted by atomic mass is 9.92. The van der Waals surface area contributed by atoms with Gasteiger partial charge in [-0.25, -0.2) is 19.2 Å². The minimum absolute atomic E-state index is 0.112. The van der Waals surface area contributed by atoms with Crippen molar-refractivity contribution in [3.8, 4) is 11.8 Å². The molecule has 0 unspecified atom stereocenters. The lowest BCUT2D eigenvalue weighted by Crippen LogP contribution is -2.42. The van der Waals surface area contributed by atoms with Gasteiger partial charge >= 0.3 is 23.9 Å². The second-order valence-corrected chi connectivity index (χ2v) is 12.7. The van der Waals surface area contributed by atoms with Crippen LogP contribution < -0.4 is 4.84 Å². The van der Waals surface area contributed by atoms with E-state index < -0.39 is 102 Å². The van der Waals surface area contributed by atoms with Gasteiger partial charge < -0.3 is 48.5 Å². The zero-order valence-corrected chi connectivity index (χ0v) is 30.4. The van der Waals surface area contributed by atoms with Gasteiger partial charge in [-0.05, 0) is 0 Å². The van der Waals surface area contributed by atoms with Crippen LogP contribution in [-0.4, -0.2) is 142 Å². The van der Waals surface area contributed by atoms with Crippen LogP contribution in [0.5, 0.6) is 11.8 Å². The molecule has 3 saturated heterocycles. The summed E-state index contributed by atoms with van der Waals surface area (Å²) >= 11 is 0. The number of hydroxylamine groups is 6. The van der Waals surface area contributed by atoms with Crippen LogP contribution in [0.2, 0.25) is 0 Å². The molecule has 2 N–H and O–H groups in total. The number of aromatic nitrogens is 1. The van der Waals surface area contributed by atoms with Crippen LogP contribution in [-0.2, 0) is 81.4 Å². The molecule has 0 spiro atoms. The van der Waals surface area contributed by atoms with E-state index in [0.717, 1.165) is 12.1 Å². The number of rotatable bonds is 24. The topological polar surface area (TPSA) is 300 Å². The fraction of sp³-hybridized carbons (Fsp3) is 0.576. The Kier molecular flexibility index (Phi) is 16.0. The van der Waals surface area contributed by atoms with E-state index in [1.807, 2.05) is 0 Å². The minimum atomic E-state index is -1.36. The summed E-state index contributed by atoms with van der Waals surface area (Å²) in [5.41, 5.74) is -1.36. The molecule has 4 heterocycles. The van der Waals surface area contributed by atoms with Gasteiger partial charge in [-0.1, -0.05) is 0 Å². The molecule has 3 aliphatic rings. The van der Waals surface area contributed by atoms with Crippen molar-refractivity contribution in [2.24, 2.45) is 5.41 Å². The fourth-order valence-electron chi connectivity index (χ4n) is 5.09. The molecule has 1 aromatic rings. The third kappa shape index (κ3) is 13.0. The highest BCUT2D eigenvalue weighted by Crippen LogP contribution is 2.23.